The maximum atomic E-state index is 9.59. The molecule has 3 heterocycles. The van der Waals surface area contributed by atoms with Crippen molar-refractivity contribution in [3.05, 3.63) is 54.4 Å². The standard InChI is InChI=1S/C22H21N5O3/c1-28-21-5-3-17(14-25-21)26-20-6-9-24-22(27-20)15-2-4-19(16(12-15)13-23)30-18-7-10-29-11-8-18/h2-6,9,12,14,18H,7-8,10-11H2,1H3,(H,24,26,27). The Morgan fingerprint density at radius 3 is 2.73 bits per heavy atom. The Morgan fingerprint density at radius 2 is 2.00 bits per heavy atom. The molecule has 1 aliphatic rings. The molecule has 0 unspecified atom stereocenters. The fourth-order valence-electron chi connectivity index (χ4n) is 3.12. The van der Waals surface area contributed by atoms with Gasteiger partial charge in [0.05, 0.1) is 37.8 Å². The number of aromatic nitrogens is 3. The molecule has 2 aromatic heterocycles. The summed E-state index contributed by atoms with van der Waals surface area (Å²) in [4.78, 5) is 13.1. The van der Waals surface area contributed by atoms with Crippen LogP contribution in [0.25, 0.3) is 11.4 Å². The molecule has 0 amide bonds. The van der Waals surface area contributed by atoms with Gasteiger partial charge in [-0.05, 0) is 30.3 Å². The normalized spacial score (nSPS) is 14.0. The molecule has 0 aliphatic carbocycles. The molecule has 0 bridgehead atoms. The molecule has 8 nitrogen and oxygen atoms in total. The molecule has 1 fully saturated rings. The van der Waals surface area contributed by atoms with E-state index in [-0.39, 0.29) is 6.10 Å². The lowest BCUT2D eigenvalue weighted by Gasteiger charge is -2.23. The zero-order chi connectivity index (χ0) is 20.8. The van der Waals surface area contributed by atoms with Crippen molar-refractivity contribution >= 4 is 11.5 Å². The van der Waals surface area contributed by atoms with Crippen LogP contribution >= 0.6 is 0 Å². The highest BCUT2D eigenvalue weighted by atomic mass is 16.5. The summed E-state index contributed by atoms with van der Waals surface area (Å²) in [6.45, 7) is 1.37. The highest BCUT2D eigenvalue weighted by molar-refractivity contribution is 5.64. The van der Waals surface area contributed by atoms with Crippen LogP contribution in [0.2, 0.25) is 0 Å². The van der Waals surface area contributed by atoms with Gasteiger partial charge in [-0.1, -0.05) is 0 Å². The van der Waals surface area contributed by atoms with Crippen LogP contribution in [0.5, 0.6) is 11.6 Å². The summed E-state index contributed by atoms with van der Waals surface area (Å²) in [5.74, 6) is 2.24. The van der Waals surface area contributed by atoms with Crippen LogP contribution in [-0.2, 0) is 4.74 Å². The van der Waals surface area contributed by atoms with Gasteiger partial charge < -0.3 is 19.5 Å². The second-order valence-corrected chi connectivity index (χ2v) is 6.73. The van der Waals surface area contributed by atoms with E-state index in [1.54, 1.807) is 43.8 Å². The lowest BCUT2D eigenvalue weighted by Crippen LogP contribution is -2.26. The maximum absolute atomic E-state index is 9.59. The van der Waals surface area contributed by atoms with Crippen molar-refractivity contribution in [2.45, 2.75) is 18.9 Å². The molecule has 0 spiro atoms. The Labute approximate surface area is 174 Å². The number of benzene rings is 1. The molecule has 1 aromatic carbocycles. The Bertz CT molecular complexity index is 1040. The predicted molar refractivity (Wildman–Crippen MR) is 111 cm³/mol. The quantitative estimate of drug-likeness (QED) is 0.664. The molecule has 3 aromatic rings. The Hall–Kier alpha value is -3.70. The molecule has 30 heavy (non-hydrogen) atoms. The van der Waals surface area contributed by atoms with Crippen LogP contribution in [0, 0.1) is 11.3 Å². The number of nitrogens with one attached hydrogen (secondary N) is 1. The highest BCUT2D eigenvalue weighted by Crippen LogP contribution is 2.27. The summed E-state index contributed by atoms with van der Waals surface area (Å²) >= 11 is 0. The number of nitrogens with zero attached hydrogens (tertiary/aromatic N) is 4. The van der Waals surface area contributed by atoms with Gasteiger partial charge in [0.15, 0.2) is 5.82 Å². The average molecular weight is 403 g/mol. The van der Waals surface area contributed by atoms with Crippen LogP contribution < -0.4 is 14.8 Å². The van der Waals surface area contributed by atoms with Crippen molar-refractivity contribution in [2.75, 3.05) is 25.6 Å². The van der Waals surface area contributed by atoms with Crippen LogP contribution in [-0.4, -0.2) is 41.4 Å². The largest absolute Gasteiger partial charge is 0.489 e. The third-order valence-corrected chi connectivity index (χ3v) is 4.69. The van der Waals surface area contributed by atoms with E-state index in [1.807, 2.05) is 12.1 Å². The molecule has 1 saturated heterocycles. The molecule has 0 saturated carbocycles. The Balaban J connectivity index is 1.53. The minimum atomic E-state index is 0.0681. The first-order valence-electron chi connectivity index (χ1n) is 9.64. The molecule has 0 atom stereocenters. The summed E-state index contributed by atoms with van der Waals surface area (Å²) in [6.07, 6.45) is 5.04. The predicted octanol–water partition coefficient (Wildman–Crippen LogP) is 3.72. The Kier molecular flexibility index (Phi) is 6.01. The minimum absolute atomic E-state index is 0.0681. The highest BCUT2D eigenvalue weighted by Gasteiger charge is 2.17. The fraction of sp³-hybridized carbons (Fsp3) is 0.273. The molecule has 1 aliphatic heterocycles. The number of hydrogen-bond donors (Lipinski definition) is 1. The third kappa shape index (κ3) is 4.64. The van der Waals surface area contributed by atoms with Crippen molar-refractivity contribution < 1.29 is 14.2 Å². The summed E-state index contributed by atoms with van der Waals surface area (Å²) in [6, 6.07) is 13.0. The van der Waals surface area contributed by atoms with E-state index in [1.165, 1.54) is 0 Å². The van der Waals surface area contributed by atoms with E-state index < -0.39 is 0 Å². The molecular formula is C22H21N5O3. The monoisotopic (exact) mass is 403 g/mol. The van der Waals surface area contributed by atoms with E-state index in [2.05, 4.69) is 26.3 Å². The number of pyridine rings is 1. The number of methoxy groups -OCH3 is 1. The summed E-state index contributed by atoms with van der Waals surface area (Å²) in [7, 11) is 1.57. The molecule has 4 rings (SSSR count). The van der Waals surface area contributed by atoms with Gasteiger partial charge in [-0.2, -0.15) is 5.26 Å². The van der Waals surface area contributed by atoms with Crippen molar-refractivity contribution in [1.82, 2.24) is 15.0 Å². The first-order chi connectivity index (χ1) is 14.7. The number of hydrogen-bond acceptors (Lipinski definition) is 8. The van der Waals surface area contributed by atoms with Gasteiger partial charge in [0.1, 0.15) is 23.7 Å². The zero-order valence-corrected chi connectivity index (χ0v) is 16.5. The molecule has 0 radical (unpaired) electrons. The van der Waals surface area contributed by atoms with Crippen LogP contribution in [0.3, 0.4) is 0 Å². The first kappa shape index (κ1) is 19.6. The zero-order valence-electron chi connectivity index (χ0n) is 16.5. The van der Waals surface area contributed by atoms with Crippen LogP contribution in [0.4, 0.5) is 11.5 Å². The second-order valence-electron chi connectivity index (χ2n) is 6.73. The summed E-state index contributed by atoms with van der Waals surface area (Å²) in [5.41, 5.74) is 1.97. The summed E-state index contributed by atoms with van der Waals surface area (Å²) in [5, 5.41) is 12.8. The Morgan fingerprint density at radius 1 is 1.13 bits per heavy atom. The lowest BCUT2D eigenvalue weighted by molar-refractivity contribution is 0.0254. The second kappa shape index (κ2) is 9.20. The van der Waals surface area contributed by atoms with E-state index in [0.717, 1.165) is 24.1 Å². The number of anilines is 2. The van der Waals surface area contributed by atoms with Gasteiger partial charge >= 0.3 is 0 Å². The van der Waals surface area contributed by atoms with E-state index in [0.29, 0.717) is 42.0 Å². The minimum Gasteiger partial charge on any atom is -0.489 e. The number of ether oxygens (including phenoxy) is 3. The number of rotatable bonds is 6. The summed E-state index contributed by atoms with van der Waals surface area (Å²) < 4.78 is 16.4. The SMILES string of the molecule is COc1ccc(Nc2ccnc(-c3ccc(OC4CCOCC4)c(C#N)c3)n2)cn1. The third-order valence-electron chi connectivity index (χ3n) is 4.69. The smallest absolute Gasteiger partial charge is 0.213 e. The van der Waals surface area contributed by atoms with Gasteiger partial charge in [0.25, 0.3) is 0 Å². The van der Waals surface area contributed by atoms with E-state index >= 15 is 0 Å². The van der Waals surface area contributed by atoms with E-state index in [9.17, 15) is 5.26 Å². The lowest BCUT2D eigenvalue weighted by atomic mass is 10.1. The van der Waals surface area contributed by atoms with E-state index in [4.69, 9.17) is 14.2 Å². The molecular weight excluding hydrogens is 382 g/mol. The fourth-order valence-corrected chi connectivity index (χ4v) is 3.12. The molecule has 152 valence electrons. The van der Waals surface area contributed by atoms with Crippen molar-refractivity contribution in [2.24, 2.45) is 0 Å². The first-order valence-corrected chi connectivity index (χ1v) is 9.64. The van der Waals surface area contributed by atoms with Gasteiger partial charge in [0.2, 0.25) is 5.88 Å². The molecule has 8 heteroatoms. The van der Waals surface area contributed by atoms with Crippen molar-refractivity contribution in [3.63, 3.8) is 0 Å². The topological polar surface area (TPSA) is 102 Å². The van der Waals surface area contributed by atoms with Crippen LogP contribution in [0.15, 0.2) is 48.8 Å². The maximum Gasteiger partial charge on any atom is 0.213 e. The van der Waals surface area contributed by atoms with Crippen LogP contribution in [0.1, 0.15) is 18.4 Å². The average Bonchev–Trinajstić information content (AvgIpc) is 2.81. The molecule has 1 N–H and O–H groups in total. The van der Waals surface area contributed by atoms with Crippen molar-refractivity contribution in [3.8, 4) is 29.1 Å². The van der Waals surface area contributed by atoms with Gasteiger partial charge in [0, 0.05) is 30.7 Å². The van der Waals surface area contributed by atoms with Gasteiger partial charge in [-0.25, -0.2) is 15.0 Å². The number of nitriles is 1. The van der Waals surface area contributed by atoms with Gasteiger partial charge in [-0.3, -0.25) is 0 Å². The van der Waals surface area contributed by atoms with Crippen molar-refractivity contribution in [1.29, 1.82) is 5.26 Å². The van der Waals surface area contributed by atoms with Gasteiger partial charge in [-0.15, -0.1) is 0 Å².